The lowest BCUT2D eigenvalue weighted by Gasteiger charge is -2.41. The topological polar surface area (TPSA) is 73.8 Å². The van der Waals surface area contributed by atoms with Gasteiger partial charge in [0.2, 0.25) is 0 Å². The van der Waals surface area contributed by atoms with Crippen LogP contribution in [0.1, 0.15) is 22.3 Å². The van der Waals surface area contributed by atoms with Crippen LogP contribution in [0.25, 0.3) is 0 Å². The summed E-state index contributed by atoms with van der Waals surface area (Å²) in [5, 5.41) is 0.614. The van der Waals surface area contributed by atoms with Crippen LogP contribution < -0.4 is 18.9 Å². The third-order valence-corrected chi connectivity index (χ3v) is 10.4. The Kier molecular flexibility index (Phi) is 11.8. The fraction of sp³-hybridized carbons (Fsp3) is 0.385. The minimum Gasteiger partial charge on any atom is -0.497 e. The molecule has 1 aliphatic heterocycles. The van der Waals surface area contributed by atoms with Crippen molar-refractivity contribution in [1.29, 1.82) is 0 Å². The van der Waals surface area contributed by atoms with Gasteiger partial charge in [0.15, 0.2) is 0 Å². The van der Waals surface area contributed by atoms with Gasteiger partial charge in [0.05, 0.1) is 73.7 Å². The Morgan fingerprint density at radius 1 is 0.417 bits per heavy atom. The zero-order valence-electron chi connectivity index (χ0n) is 27.9. The molecule has 1 heterocycles. The average molecular weight is 673 g/mol. The van der Waals surface area contributed by atoms with Gasteiger partial charge in [-0.15, -0.1) is 11.8 Å². The van der Waals surface area contributed by atoms with Crippen molar-refractivity contribution in [3.05, 3.63) is 119 Å². The third-order valence-electron chi connectivity index (χ3n) is 8.92. The van der Waals surface area contributed by atoms with Crippen molar-refractivity contribution in [2.24, 2.45) is 5.92 Å². The molecule has 0 N–H and O–H groups in total. The zero-order chi connectivity index (χ0) is 33.3. The molecule has 0 bridgehead atoms. The van der Waals surface area contributed by atoms with Gasteiger partial charge in [-0.2, -0.15) is 0 Å². The van der Waals surface area contributed by atoms with E-state index in [2.05, 4.69) is 0 Å². The Morgan fingerprint density at radius 2 is 0.771 bits per heavy atom. The number of fused-ring (bicyclic) bond motifs is 1. The lowest BCUT2D eigenvalue weighted by molar-refractivity contribution is -0.185. The molecule has 0 aromatic heterocycles. The van der Waals surface area contributed by atoms with Gasteiger partial charge in [0.1, 0.15) is 29.1 Å². The highest BCUT2D eigenvalue weighted by atomic mass is 32.2. The van der Waals surface area contributed by atoms with Gasteiger partial charge in [-0.3, -0.25) is 0 Å². The summed E-state index contributed by atoms with van der Waals surface area (Å²) in [6.45, 7) is 2.36. The number of rotatable bonds is 17. The summed E-state index contributed by atoms with van der Waals surface area (Å²) in [5.41, 5.74) is 4.28. The van der Waals surface area contributed by atoms with Crippen molar-refractivity contribution in [1.82, 2.24) is 0 Å². The molecule has 4 aromatic rings. The van der Waals surface area contributed by atoms with Crippen LogP contribution in [0.5, 0.6) is 23.0 Å². The number of benzene rings is 4. The van der Waals surface area contributed by atoms with E-state index in [4.69, 9.17) is 37.9 Å². The van der Waals surface area contributed by atoms with Crippen LogP contribution in [-0.4, -0.2) is 63.9 Å². The second-order valence-electron chi connectivity index (χ2n) is 12.0. The fourth-order valence-corrected chi connectivity index (χ4v) is 7.57. The molecule has 6 rings (SSSR count). The normalized spacial score (nSPS) is 22.8. The van der Waals surface area contributed by atoms with E-state index in [1.165, 1.54) is 0 Å². The molecule has 6 atom stereocenters. The predicted molar refractivity (Wildman–Crippen MR) is 186 cm³/mol. The van der Waals surface area contributed by atoms with E-state index in [9.17, 15) is 0 Å². The Hall–Kier alpha value is -3.73. The molecule has 4 aromatic carbocycles. The SMILES string of the molecule is COc1ccc(COC[C@@H]2[C@@H](OCc3ccc(OC)cc3)[C@H](OCc3ccc(OC)cc3)[C@@H](OCc3ccc(OC)cc3)[C@@H]3S[C@H]23)cc1. The Morgan fingerprint density at radius 3 is 1.17 bits per heavy atom. The largest absolute Gasteiger partial charge is 0.497 e. The first-order valence-electron chi connectivity index (χ1n) is 16.2. The Balaban J connectivity index is 1.23. The molecule has 48 heavy (non-hydrogen) atoms. The monoisotopic (exact) mass is 672 g/mol. The quantitative estimate of drug-likeness (QED) is 0.109. The molecule has 1 aliphatic carbocycles. The third kappa shape index (κ3) is 8.64. The molecular formula is C39H44O8S. The Bertz CT molecular complexity index is 1550. The minimum absolute atomic E-state index is 0.109. The van der Waals surface area contributed by atoms with E-state index >= 15 is 0 Å². The number of ether oxygens (including phenoxy) is 8. The maximum Gasteiger partial charge on any atom is 0.118 e. The van der Waals surface area contributed by atoms with Crippen molar-refractivity contribution in [2.75, 3.05) is 35.0 Å². The van der Waals surface area contributed by atoms with Gasteiger partial charge in [0, 0.05) is 16.4 Å². The standard InChI is InChI=1S/C39H44O8S/c1-40-30-13-5-26(6-14-30)21-44-25-34-35(45-22-27-7-15-31(41-2)16-8-27)36(46-23-28-9-17-32(42-3)18-10-28)37(39-38(34)48-39)47-24-29-11-19-33(43-4)20-12-29/h5-20,34-39H,21-25H2,1-4H3/t34-,35-,36+,37-,38-,39+/m1/s1. The van der Waals surface area contributed by atoms with Gasteiger partial charge >= 0.3 is 0 Å². The average Bonchev–Trinajstić information content (AvgIpc) is 3.95. The van der Waals surface area contributed by atoms with Gasteiger partial charge < -0.3 is 37.9 Å². The molecule has 0 unspecified atom stereocenters. The molecule has 1 saturated heterocycles. The summed E-state index contributed by atoms with van der Waals surface area (Å²) in [7, 11) is 6.69. The van der Waals surface area contributed by atoms with Crippen LogP contribution in [0.2, 0.25) is 0 Å². The number of hydrogen-bond acceptors (Lipinski definition) is 9. The maximum absolute atomic E-state index is 6.84. The van der Waals surface area contributed by atoms with Gasteiger partial charge in [-0.05, 0) is 70.8 Å². The van der Waals surface area contributed by atoms with Gasteiger partial charge in [0.25, 0.3) is 0 Å². The van der Waals surface area contributed by atoms with Crippen LogP contribution >= 0.6 is 11.8 Å². The summed E-state index contributed by atoms with van der Waals surface area (Å²) in [6.07, 6.45) is -0.758. The molecule has 9 heteroatoms. The highest BCUT2D eigenvalue weighted by Crippen LogP contribution is 2.56. The summed E-state index contributed by atoms with van der Waals surface area (Å²) in [5.74, 6) is 3.38. The second-order valence-corrected chi connectivity index (χ2v) is 13.3. The van der Waals surface area contributed by atoms with Crippen LogP contribution in [0, 0.1) is 5.92 Å². The molecule has 2 fully saturated rings. The highest BCUT2D eigenvalue weighted by Gasteiger charge is 2.61. The van der Waals surface area contributed by atoms with Crippen LogP contribution in [0.3, 0.4) is 0 Å². The molecular weight excluding hydrogens is 628 g/mol. The molecule has 254 valence electrons. The van der Waals surface area contributed by atoms with Crippen molar-refractivity contribution < 1.29 is 37.9 Å². The lowest BCUT2D eigenvalue weighted by atomic mass is 9.82. The van der Waals surface area contributed by atoms with Crippen LogP contribution in [0.15, 0.2) is 97.1 Å². The molecule has 2 aliphatic rings. The summed E-state index contributed by atoms with van der Waals surface area (Å²) in [4.78, 5) is 0. The first kappa shape index (κ1) is 34.1. The van der Waals surface area contributed by atoms with Crippen molar-refractivity contribution in [3.8, 4) is 23.0 Å². The molecule has 0 spiro atoms. The van der Waals surface area contributed by atoms with E-state index in [-0.39, 0.29) is 29.5 Å². The van der Waals surface area contributed by atoms with Crippen LogP contribution in [-0.2, 0) is 45.4 Å². The molecule has 1 saturated carbocycles. The van der Waals surface area contributed by atoms with Crippen molar-refractivity contribution >= 4 is 11.8 Å². The van der Waals surface area contributed by atoms with E-state index in [0.717, 1.165) is 45.3 Å². The van der Waals surface area contributed by atoms with Crippen molar-refractivity contribution in [2.45, 2.75) is 55.2 Å². The summed E-state index contributed by atoms with van der Waals surface area (Å²) in [6, 6.07) is 32.0. The first-order valence-corrected chi connectivity index (χ1v) is 17.1. The predicted octanol–water partition coefficient (Wildman–Crippen LogP) is 7.11. The Labute approximate surface area is 287 Å². The number of hydrogen-bond donors (Lipinski definition) is 0. The second kappa shape index (κ2) is 16.6. The smallest absolute Gasteiger partial charge is 0.118 e. The first-order chi connectivity index (χ1) is 23.6. The summed E-state index contributed by atoms with van der Waals surface area (Å²) < 4.78 is 48.2. The highest BCUT2D eigenvalue weighted by molar-refractivity contribution is 8.07. The van der Waals surface area contributed by atoms with E-state index in [1.807, 2.05) is 109 Å². The fourth-order valence-electron chi connectivity index (χ4n) is 6.11. The van der Waals surface area contributed by atoms with Crippen molar-refractivity contribution in [3.63, 3.8) is 0 Å². The summed E-state index contributed by atoms with van der Waals surface area (Å²) >= 11 is 1.93. The number of methoxy groups -OCH3 is 4. The zero-order valence-corrected chi connectivity index (χ0v) is 28.7. The molecule has 0 radical (unpaired) electrons. The van der Waals surface area contributed by atoms with Crippen LogP contribution in [0.4, 0.5) is 0 Å². The minimum atomic E-state index is -0.325. The number of thioether (sulfide) groups is 1. The van der Waals surface area contributed by atoms with E-state index < -0.39 is 0 Å². The van der Waals surface area contributed by atoms with Gasteiger partial charge in [-0.25, -0.2) is 0 Å². The van der Waals surface area contributed by atoms with E-state index in [0.29, 0.717) is 38.3 Å². The lowest BCUT2D eigenvalue weighted by Crippen LogP contribution is -2.55. The maximum atomic E-state index is 6.84. The molecule has 0 amide bonds. The van der Waals surface area contributed by atoms with E-state index in [1.54, 1.807) is 28.4 Å². The van der Waals surface area contributed by atoms with Gasteiger partial charge in [-0.1, -0.05) is 48.5 Å². The molecule has 8 nitrogen and oxygen atoms in total.